The van der Waals surface area contributed by atoms with E-state index in [1.165, 1.54) is 86.0 Å². The lowest BCUT2D eigenvalue weighted by Crippen LogP contribution is -2.37. The average molecular weight is 785 g/mol. The highest BCUT2D eigenvalue weighted by molar-refractivity contribution is 6.22. The molecule has 4 saturated heterocycles. The fourth-order valence-electron chi connectivity index (χ4n) is 9.97. The molecule has 2 aromatic rings. The predicted molar refractivity (Wildman–Crippen MR) is 222 cm³/mol. The minimum absolute atomic E-state index is 0.0940. The molecule has 57 heavy (non-hydrogen) atoms. The standard InChI is InChI=1S/C48H68N2O7/c1-3-5-6-7-8-9-10-11-12-13-14-15-16-23-33-49-45(51)41-37(29-28-35-24-19-17-20-25-35)56-38(42(41)46(49)52)30-31-39-43-44(40(57-39)32-34-55-4-2)48(54)50(47(43)53)36-26-21-18-22-27-36/h17-22,24-27,37-44H,3-16,23,28-34H2,1-2H3/t37?,38?,39?,40?,41-,42+,43-,44+/m0/s1. The summed E-state index contributed by atoms with van der Waals surface area (Å²) in [5, 5.41) is 0. The van der Waals surface area contributed by atoms with Crippen molar-refractivity contribution in [2.24, 2.45) is 23.7 Å². The average Bonchev–Trinajstić information content (AvgIpc) is 3.93. The number of hydrogen-bond donors (Lipinski definition) is 0. The quantitative estimate of drug-likeness (QED) is 0.0693. The lowest BCUT2D eigenvalue weighted by molar-refractivity contribution is -0.144. The van der Waals surface area contributed by atoms with E-state index in [1.807, 2.05) is 43.3 Å². The third-order valence-corrected chi connectivity index (χ3v) is 13.0. The van der Waals surface area contributed by atoms with Gasteiger partial charge in [-0.05, 0) is 63.1 Å². The Kier molecular flexibility index (Phi) is 16.7. The lowest BCUT2D eigenvalue weighted by atomic mass is 9.83. The van der Waals surface area contributed by atoms with Gasteiger partial charge in [0.1, 0.15) is 0 Å². The summed E-state index contributed by atoms with van der Waals surface area (Å²) in [4.78, 5) is 58.9. The Hall–Kier alpha value is -3.40. The number of likely N-dealkylation sites (tertiary alicyclic amines) is 1. The van der Waals surface area contributed by atoms with Crippen LogP contribution in [0, 0.1) is 23.7 Å². The first-order valence-corrected chi connectivity index (χ1v) is 22.6. The van der Waals surface area contributed by atoms with E-state index in [1.54, 1.807) is 12.1 Å². The van der Waals surface area contributed by atoms with Crippen LogP contribution in [-0.4, -0.2) is 72.7 Å². The largest absolute Gasteiger partial charge is 0.382 e. The summed E-state index contributed by atoms with van der Waals surface area (Å²) in [5.74, 6) is -2.93. The Morgan fingerprint density at radius 1 is 0.509 bits per heavy atom. The Bertz CT molecular complexity index is 1570. The van der Waals surface area contributed by atoms with Crippen LogP contribution in [0.1, 0.15) is 135 Å². The molecule has 4 aliphatic heterocycles. The van der Waals surface area contributed by atoms with Crippen LogP contribution in [0.3, 0.4) is 0 Å². The minimum atomic E-state index is -0.617. The SMILES string of the molecule is CCCCCCCCCCCCCCCCN1C(=O)[C@@H]2C(CCC3OC(CCOCC)[C@H]4C(=O)N(c5ccccc5)C(=O)[C@@H]34)OC(CCc3ccccc3)[C@@H]2C1=O. The molecule has 0 bridgehead atoms. The minimum Gasteiger partial charge on any atom is -0.382 e. The smallest absolute Gasteiger partial charge is 0.240 e. The highest BCUT2D eigenvalue weighted by atomic mass is 16.5. The number of hydrogen-bond acceptors (Lipinski definition) is 7. The van der Waals surface area contributed by atoms with Gasteiger partial charge in [-0.15, -0.1) is 0 Å². The van der Waals surface area contributed by atoms with Crippen molar-refractivity contribution < 1.29 is 33.4 Å². The zero-order chi connectivity index (χ0) is 40.0. The first-order valence-electron chi connectivity index (χ1n) is 22.6. The van der Waals surface area contributed by atoms with E-state index in [-0.39, 0.29) is 29.7 Å². The summed E-state index contributed by atoms with van der Waals surface area (Å²) in [5.41, 5.74) is 1.74. The van der Waals surface area contributed by atoms with Gasteiger partial charge < -0.3 is 14.2 Å². The fourth-order valence-corrected chi connectivity index (χ4v) is 9.97. The van der Waals surface area contributed by atoms with Crippen LogP contribution in [0.15, 0.2) is 60.7 Å². The second kappa shape index (κ2) is 22.1. The maximum atomic E-state index is 14.1. The normalized spacial score (nSPS) is 26.9. The number of nitrogens with zero attached hydrogens (tertiary/aromatic N) is 2. The molecule has 0 spiro atoms. The number of rotatable bonds is 26. The van der Waals surface area contributed by atoms with Crippen LogP contribution in [0.4, 0.5) is 5.69 Å². The molecule has 2 aromatic carbocycles. The number of benzene rings is 2. The van der Waals surface area contributed by atoms with Gasteiger partial charge in [0.2, 0.25) is 23.6 Å². The number of aryl methyl sites for hydroxylation is 1. The van der Waals surface area contributed by atoms with Crippen LogP contribution in [0.5, 0.6) is 0 Å². The number of unbranched alkanes of at least 4 members (excludes halogenated alkanes) is 13. The van der Waals surface area contributed by atoms with Gasteiger partial charge in [-0.2, -0.15) is 0 Å². The summed E-state index contributed by atoms with van der Waals surface area (Å²) >= 11 is 0. The Labute approximate surface area is 341 Å². The van der Waals surface area contributed by atoms with E-state index in [0.29, 0.717) is 51.1 Å². The molecule has 4 aliphatic rings. The van der Waals surface area contributed by atoms with Crippen LogP contribution in [0.2, 0.25) is 0 Å². The summed E-state index contributed by atoms with van der Waals surface area (Å²) in [7, 11) is 0. The summed E-state index contributed by atoms with van der Waals surface area (Å²) in [6.07, 6.45) is 18.6. The monoisotopic (exact) mass is 785 g/mol. The van der Waals surface area contributed by atoms with E-state index >= 15 is 0 Å². The number of imide groups is 2. The molecule has 0 aromatic heterocycles. The second-order valence-corrected chi connectivity index (χ2v) is 16.9. The predicted octanol–water partition coefficient (Wildman–Crippen LogP) is 9.25. The number of ether oxygens (including phenoxy) is 3. The van der Waals surface area contributed by atoms with Gasteiger partial charge in [0.15, 0.2) is 0 Å². The molecule has 4 heterocycles. The zero-order valence-electron chi connectivity index (χ0n) is 34.7. The van der Waals surface area contributed by atoms with Crippen LogP contribution < -0.4 is 4.90 Å². The number of amides is 4. The van der Waals surface area contributed by atoms with Crippen molar-refractivity contribution in [2.75, 3.05) is 24.7 Å². The first-order chi connectivity index (χ1) is 27.9. The maximum Gasteiger partial charge on any atom is 0.240 e. The number of anilines is 1. The molecular formula is C48H68N2O7. The molecule has 0 saturated carbocycles. The van der Waals surface area contributed by atoms with Crippen LogP contribution in [-0.2, 0) is 39.8 Å². The number of carbonyl (C=O) groups excluding carboxylic acids is 4. The molecule has 8 atom stereocenters. The highest BCUT2D eigenvalue weighted by Gasteiger charge is 2.62. The topological polar surface area (TPSA) is 102 Å². The number of para-hydroxylation sites is 1. The Balaban J connectivity index is 1.04. The van der Waals surface area contributed by atoms with E-state index in [9.17, 15) is 19.2 Å². The summed E-state index contributed by atoms with van der Waals surface area (Å²) < 4.78 is 18.9. The van der Waals surface area contributed by atoms with E-state index in [2.05, 4.69) is 19.1 Å². The van der Waals surface area contributed by atoms with Gasteiger partial charge in [-0.3, -0.25) is 24.1 Å². The van der Waals surface area contributed by atoms with Crippen molar-refractivity contribution in [3.63, 3.8) is 0 Å². The van der Waals surface area contributed by atoms with Crippen molar-refractivity contribution in [2.45, 2.75) is 160 Å². The third-order valence-electron chi connectivity index (χ3n) is 13.0. The number of carbonyl (C=O) groups is 4. The molecule has 0 radical (unpaired) electrons. The molecule has 6 rings (SSSR count). The summed E-state index contributed by atoms with van der Waals surface area (Å²) in [6.45, 7) is 5.66. The van der Waals surface area contributed by atoms with Gasteiger partial charge in [0, 0.05) is 19.8 Å². The van der Waals surface area contributed by atoms with E-state index in [4.69, 9.17) is 14.2 Å². The van der Waals surface area contributed by atoms with Gasteiger partial charge in [-0.25, -0.2) is 4.90 Å². The van der Waals surface area contributed by atoms with E-state index < -0.39 is 42.0 Å². The molecule has 312 valence electrons. The van der Waals surface area contributed by atoms with Crippen molar-refractivity contribution >= 4 is 29.3 Å². The first kappa shape index (κ1) is 43.2. The maximum absolute atomic E-state index is 14.1. The van der Waals surface area contributed by atoms with E-state index in [0.717, 1.165) is 25.7 Å². The lowest BCUT2D eigenvalue weighted by Gasteiger charge is -2.24. The molecule has 4 amide bonds. The van der Waals surface area contributed by atoms with Crippen molar-refractivity contribution in [3.8, 4) is 0 Å². The zero-order valence-corrected chi connectivity index (χ0v) is 34.7. The second-order valence-electron chi connectivity index (χ2n) is 16.9. The molecular weight excluding hydrogens is 717 g/mol. The van der Waals surface area contributed by atoms with Gasteiger partial charge in [0.25, 0.3) is 0 Å². The number of fused-ring (bicyclic) bond motifs is 2. The molecule has 0 aliphatic carbocycles. The molecule has 0 N–H and O–H groups in total. The molecule has 9 heteroatoms. The molecule has 9 nitrogen and oxygen atoms in total. The van der Waals surface area contributed by atoms with Gasteiger partial charge in [-0.1, -0.05) is 139 Å². The molecule has 4 unspecified atom stereocenters. The Morgan fingerprint density at radius 3 is 1.46 bits per heavy atom. The fraction of sp³-hybridized carbons (Fsp3) is 0.667. The summed E-state index contributed by atoms with van der Waals surface area (Å²) in [6, 6.07) is 19.3. The van der Waals surface area contributed by atoms with Crippen LogP contribution in [0.25, 0.3) is 0 Å². The van der Waals surface area contributed by atoms with Crippen LogP contribution >= 0.6 is 0 Å². The van der Waals surface area contributed by atoms with Gasteiger partial charge >= 0.3 is 0 Å². The Morgan fingerprint density at radius 2 is 0.947 bits per heavy atom. The van der Waals surface area contributed by atoms with Gasteiger partial charge in [0.05, 0.1) is 53.8 Å². The van der Waals surface area contributed by atoms with Crippen molar-refractivity contribution in [1.29, 1.82) is 0 Å². The molecule has 4 fully saturated rings. The van der Waals surface area contributed by atoms with Crippen molar-refractivity contribution in [1.82, 2.24) is 4.90 Å². The third kappa shape index (κ3) is 10.8. The van der Waals surface area contributed by atoms with Crippen molar-refractivity contribution in [3.05, 3.63) is 66.2 Å². The highest BCUT2D eigenvalue weighted by Crippen LogP contribution is 2.48.